The van der Waals surface area contributed by atoms with Gasteiger partial charge in [-0.3, -0.25) is 0 Å². The van der Waals surface area contributed by atoms with E-state index in [4.69, 9.17) is 10.7 Å². The molecule has 0 spiro atoms. The molecule has 2 aliphatic rings. The average molecular weight is 453 g/mol. The fraction of sp³-hybridized carbons (Fsp3) is 0.367. The number of para-hydroxylation sites is 1. The summed E-state index contributed by atoms with van der Waals surface area (Å²) in [5.74, 6) is 0.727. The number of aliphatic imine (C=N–C) groups is 1. The molecule has 1 fully saturated rings. The Morgan fingerprint density at radius 3 is 2.41 bits per heavy atom. The van der Waals surface area contributed by atoms with Crippen LogP contribution in [0.3, 0.4) is 0 Å². The lowest BCUT2D eigenvalue weighted by atomic mass is 9.97. The standard InChI is InChI=1S/C30H36N4/c1-20-17-21(2)29(22(3)18-20)32-27-12-8-7-11-24(27)13-14-25-15-16-26-19-28(33-30(31)34(25)26)23-9-5-4-6-10-23/h4-12,17-18,25-26,28,32H,13-16,19H2,1-3H3,(H2,31,33)/t25-,26+,28+/m0/s1. The summed E-state index contributed by atoms with van der Waals surface area (Å²) < 4.78 is 0. The minimum Gasteiger partial charge on any atom is -0.370 e. The summed E-state index contributed by atoms with van der Waals surface area (Å²) in [4.78, 5) is 7.33. The highest BCUT2D eigenvalue weighted by Crippen LogP contribution is 2.38. The first-order chi connectivity index (χ1) is 16.5. The van der Waals surface area contributed by atoms with Crippen LogP contribution in [0, 0.1) is 20.8 Å². The van der Waals surface area contributed by atoms with E-state index >= 15 is 0 Å². The molecule has 1 saturated heterocycles. The molecule has 0 amide bonds. The van der Waals surface area contributed by atoms with E-state index in [-0.39, 0.29) is 6.04 Å². The molecule has 0 unspecified atom stereocenters. The van der Waals surface area contributed by atoms with Crippen molar-refractivity contribution in [2.45, 2.75) is 71.0 Å². The largest absolute Gasteiger partial charge is 0.370 e. The van der Waals surface area contributed by atoms with Crippen molar-refractivity contribution in [3.8, 4) is 0 Å². The molecule has 2 aliphatic heterocycles. The zero-order chi connectivity index (χ0) is 23.7. The van der Waals surface area contributed by atoms with Crippen molar-refractivity contribution in [1.82, 2.24) is 4.90 Å². The van der Waals surface area contributed by atoms with Gasteiger partial charge >= 0.3 is 0 Å². The quantitative estimate of drug-likeness (QED) is 0.444. The molecule has 2 heterocycles. The molecule has 4 heteroatoms. The molecule has 0 aromatic heterocycles. The van der Waals surface area contributed by atoms with Crippen LogP contribution >= 0.6 is 0 Å². The topological polar surface area (TPSA) is 53.6 Å². The third-order valence-electron chi connectivity index (χ3n) is 7.55. The summed E-state index contributed by atoms with van der Waals surface area (Å²) in [6.07, 6.45) is 5.56. The first kappa shape index (κ1) is 22.5. The molecule has 34 heavy (non-hydrogen) atoms. The van der Waals surface area contributed by atoms with Crippen LogP contribution in [-0.2, 0) is 6.42 Å². The van der Waals surface area contributed by atoms with Crippen molar-refractivity contribution < 1.29 is 0 Å². The summed E-state index contributed by atoms with van der Waals surface area (Å²) in [7, 11) is 0. The van der Waals surface area contributed by atoms with E-state index < -0.39 is 0 Å². The molecule has 0 aliphatic carbocycles. The zero-order valence-electron chi connectivity index (χ0n) is 20.6. The Labute approximate surface area is 203 Å². The van der Waals surface area contributed by atoms with Crippen molar-refractivity contribution in [3.05, 3.63) is 94.5 Å². The SMILES string of the molecule is Cc1cc(C)c(Nc2ccccc2CC[C@H]2CC[C@@H]3C[C@H](c4ccccc4)N=C(N)N23)c(C)c1. The number of benzene rings is 3. The van der Waals surface area contributed by atoms with E-state index in [1.165, 1.54) is 52.0 Å². The molecule has 0 bridgehead atoms. The Hall–Kier alpha value is -3.27. The third kappa shape index (κ3) is 4.54. The number of guanidine groups is 1. The lowest BCUT2D eigenvalue weighted by Gasteiger charge is -2.37. The van der Waals surface area contributed by atoms with Crippen LogP contribution < -0.4 is 11.1 Å². The number of anilines is 2. The number of rotatable bonds is 6. The Morgan fingerprint density at radius 2 is 1.65 bits per heavy atom. The fourth-order valence-corrected chi connectivity index (χ4v) is 5.97. The first-order valence-electron chi connectivity index (χ1n) is 12.6. The van der Waals surface area contributed by atoms with Crippen LogP contribution in [0.1, 0.15) is 59.5 Å². The minimum atomic E-state index is 0.187. The summed E-state index contributed by atoms with van der Waals surface area (Å²) in [5.41, 5.74) is 15.5. The highest BCUT2D eigenvalue weighted by atomic mass is 15.3. The van der Waals surface area contributed by atoms with Crippen molar-refractivity contribution in [2.75, 3.05) is 5.32 Å². The molecule has 3 aromatic carbocycles. The molecule has 0 radical (unpaired) electrons. The Kier molecular flexibility index (Phi) is 6.32. The molecule has 3 atom stereocenters. The van der Waals surface area contributed by atoms with Crippen LogP contribution in [0.25, 0.3) is 0 Å². The number of fused-ring (bicyclic) bond motifs is 1. The van der Waals surface area contributed by atoms with Gasteiger partial charge in [-0.25, -0.2) is 4.99 Å². The lowest BCUT2D eigenvalue weighted by Crippen LogP contribution is -2.48. The van der Waals surface area contributed by atoms with Gasteiger partial charge in [0, 0.05) is 23.5 Å². The lowest BCUT2D eigenvalue weighted by molar-refractivity contribution is 0.256. The maximum atomic E-state index is 6.55. The number of nitrogens with two attached hydrogens (primary N) is 1. The highest BCUT2D eigenvalue weighted by Gasteiger charge is 2.39. The third-order valence-corrected chi connectivity index (χ3v) is 7.55. The normalized spacial score (nSPS) is 21.8. The van der Waals surface area contributed by atoms with Gasteiger partial charge in [-0.15, -0.1) is 0 Å². The van der Waals surface area contributed by atoms with Gasteiger partial charge in [-0.2, -0.15) is 0 Å². The molecule has 0 saturated carbocycles. The predicted molar refractivity (Wildman–Crippen MR) is 143 cm³/mol. The molecule has 3 N–H and O–H groups in total. The molecular weight excluding hydrogens is 416 g/mol. The van der Waals surface area contributed by atoms with Crippen LogP contribution in [0.4, 0.5) is 11.4 Å². The highest BCUT2D eigenvalue weighted by molar-refractivity contribution is 5.80. The van der Waals surface area contributed by atoms with E-state index in [0.29, 0.717) is 12.1 Å². The van der Waals surface area contributed by atoms with Crippen molar-refractivity contribution in [3.63, 3.8) is 0 Å². The van der Waals surface area contributed by atoms with Crippen LogP contribution in [-0.4, -0.2) is 22.9 Å². The number of hydrogen-bond donors (Lipinski definition) is 2. The van der Waals surface area contributed by atoms with Crippen LogP contribution in [0.2, 0.25) is 0 Å². The number of hydrogen-bond acceptors (Lipinski definition) is 4. The molecule has 5 rings (SSSR count). The van der Waals surface area contributed by atoms with E-state index in [1.54, 1.807) is 0 Å². The van der Waals surface area contributed by atoms with Gasteiger partial charge in [0.15, 0.2) is 5.96 Å². The Morgan fingerprint density at radius 1 is 0.941 bits per heavy atom. The number of nitrogens with zero attached hydrogens (tertiary/aromatic N) is 2. The summed E-state index contributed by atoms with van der Waals surface area (Å²) in [6.45, 7) is 6.53. The second-order valence-electron chi connectivity index (χ2n) is 10.0. The summed E-state index contributed by atoms with van der Waals surface area (Å²) in [6, 6.07) is 25.0. The molecule has 176 valence electrons. The number of aryl methyl sites for hydroxylation is 4. The van der Waals surface area contributed by atoms with Gasteiger partial charge in [0.25, 0.3) is 0 Å². The molecule has 3 aromatic rings. The Bertz CT molecular complexity index is 1160. The summed E-state index contributed by atoms with van der Waals surface area (Å²) in [5, 5.41) is 3.74. The van der Waals surface area contributed by atoms with Gasteiger partial charge in [-0.1, -0.05) is 66.2 Å². The minimum absolute atomic E-state index is 0.187. The maximum absolute atomic E-state index is 6.55. The fourth-order valence-electron chi connectivity index (χ4n) is 5.97. The van der Waals surface area contributed by atoms with Gasteiger partial charge < -0.3 is 16.0 Å². The predicted octanol–water partition coefficient (Wildman–Crippen LogP) is 6.58. The van der Waals surface area contributed by atoms with Crippen LogP contribution in [0.5, 0.6) is 0 Å². The van der Waals surface area contributed by atoms with E-state index in [9.17, 15) is 0 Å². The zero-order valence-corrected chi connectivity index (χ0v) is 20.6. The monoisotopic (exact) mass is 452 g/mol. The van der Waals surface area contributed by atoms with Crippen molar-refractivity contribution in [2.24, 2.45) is 10.7 Å². The van der Waals surface area contributed by atoms with Crippen molar-refractivity contribution in [1.29, 1.82) is 0 Å². The Balaban J connectivity index is 1.29. The van der Waals surface area contributed by atoms with E-state index in [1.807, 2.05) is 0 Å². The van der Waals surface area contributed by atoms with Gasteiger partial charge in [0.05, 0.1) is 6.04 Å². The second kappa shape index (κ2) is 9.54. The number of nitrogens with one attached hydrogen (secondary N) is 1. The maximum Gasteiger partial charge on any atom is 0.192 e. The van der Waals surface area contributed by atoms with Crippen molar-refractivity contribution >= 4 is 17.3 Å². The average Bonchev–Trinajstić information content (AvgIpc) is 3.25. The van der Waals surface area contributed by atoms with Gasteiger partial charge in [0.1, 0.15) is 0 Å². The summed E-state index contributed by atoms with van der Waals surface area (Å²) >= 11 is 0. The molecular formula is C30H36N4. The first-order valence-corrected chi connectivity index (χ1v) is 12.6. The van der Waals surface area contributed by atoms with E-state index in [2.05, 4.69) is 97.7 Å². The van der Waals surface area contributed by atoms with Gasteiger partial charge in [-0.05, 0) is 81.2 Å². The van der Waals surface area contributed by atoms with E-state index in [0.717, 1.165) is 25.2 Å². The molecule has 4 nitrogen and oxygen atoms in total. The smallest absolute Gasteiger partial charge is 0.192 e. The van der Waals surface area contributed by atoms with Gasteiger partial charge in [0.2, 0.25) is 0 Å². The van der Waals surface area contributed by atoms with Crippen LogP contribution in [0.15, 0.2) is 71.7 Å². The second-order valence-corrected chi connectivity index (χ2v) is 10.0.